The number of hydrogen-bond donors (Lipinski definition) is 0. The minimum atomic E-state index is -4.44. The number of halogens is 4. The summed E-state index contributed by atoms with van der Waals surface area (Å²) in [4.78, 5) is 0. The van der Waals surface area contributed by atoms with Gasteiger partial charge in [0.2, 0.25) is 0 Å². The summed E-state index contributed by atoms with van der Waals surface area (Å²) in [7, 11) is 0. The summed E-state index contributed by atoms with van der Waals surface area (Å²) in [6.45, 7) is 4.45. The summed E-state index contributed by atoms with van der Waals surface area (Å²) in [5.74, 6) is 1.01. The fraction of sp³-hybridized carbons (Fsp3) is 0.429. The molecule has 2 aromatic rings. The Balaban J connectivity index is 2.60. The monoisotopic (exact) mass is 317 g/mol. The average Bonchev–Trinajstić information content (AvgIpc) is 2.79. The van der Waals surface area contributed by atoms with Crippen LogP contribution in [0, 0.1) is 5.92 Å². The van der Waals surface area contributed by atoms with E-state index in [1.165, 1.54) is 12.1 Å². The van der Waals surface area contributed by atoms with Gasteiger partial charge in [0.15, 0.2) is 5.82 Å². The van der Waals surface area contributed by atoms with Crippen LogP contribution in [0.5, 0.6) is 0 Å². The zero-order valence-corrected chi connectivity index (χ0v) is 12.4. The molecule has 7 heteroatoms. The molecule has 0 N–H and O–H groups in total. The lowest BCUT2D eigenvalue weighted by Crippen LogP contribution is -2.12. The Kier molecular flexibility index (Phi) is 4.56. The van der Waals surface area contributed by atoms with Crippen LogP contribution in [0.15, 0.2) is 24.3 Å². The Bertz CT molecular complexity index is 620. The molecule has 0 aliphatic carbocycles. The Morgan fingerprint density at radius 1 is 1.19 bits per heavy atom. The van der Waals surface area contributed by atoms with Gasteiger partial charge < -0.3 is 4.57 Å². The third kappa shape index (κ3) is 3.37. The molecule has 0 spiro atoms. The fourth-order valence-electron chi connectivity index (χ4n) is 2.12. The Morgan fingerprint density at radius 3 is 2.43 bits per heavy atom. The molecule has 0 fully saturated rings. The van der Waals surface area contributed by atoms with E-state index in [9.17, 15) is 13.2 Å². The van der Waals surface area contributed by atoms with Gasteiger partial charge in [-0.3, -0.25) is 0 Å². The normalized spacial score (nSPS) is 12.1. The van der Waals surface area contributed by atoms with Crippen molar-refractivity contribution in [2.75, 3.05) is 0 Å². The van der Waals surface area contributed by atoms with Gasteiger partial charge in [-0.15, -0.1) is 21.8 Å². The maximum atomic E-state index is 13.1. The SMILES string of the molecule is CC(C)Cn1c(CCl)nnc1-c1ccccc1C(F)(F)F. The third-order valence-electron chi connectivity index (χ3n) is 2.97. The van der Waals surface area contributed by atoms with Gasteiger partial charge in [-0.05, 0) is 12.0 Å². The first kappa shape index (κ1) is 15.8. The van der Waals surface area contributed by atoms with Crippen molar-refractivity contribution in [2.24, 2.45) is 5.92 Å². The average molecular weight is 318 g/mol. The van der Waals surface area contributed by atoms with Crippen LogP contribution in [-0.4, -0.2) is 14.8 Å². The number of alkyl halides is 4. The van der Waals surface area contributed by atoms with Crippen LogP contribution >= 0.6 is 11.6 Å². The highest BCUT2D eigenvalue weighted by Crippen LogP contribution is 2.36. The number of nitrogens with zero attached hydrogens (tertiary/aromatic N) is 3. The first-order valence-electron chi connectivity index (χ1n) is 6.49. The van der Waals surface area contributed by atoms with Crippen LogP contribution in [0.2, 0.25) is 0 Å². The van der Waals surface area contributed by atoms with Crippen molar-refractivity contribution in [2.45, 2.75) is 32.4 Å². The number of aromatic nitrogens is 3. The molecule has 0 saturated carbocycles. The lowest BCUT2D eigenvalue weighted by molar-refractivity contribution is -0.137. The van der Waals surface area contributed by atoms with Crippen molar-refractivity contribution in [1.29, 1.82) is 0 Å². The molecule has 1 aromatic heterocycles. The summed E-state index contributed by atoms with van der Waals surface area (Å²) in [5.41, 5.74) is -0.696. The number of rotatable bonds is 4. The van der Waals surface area contributed by atoms with Crippen LogP contribution in [0.3, 0.4) is 0 Å². The highest BCUT2D eigenvalue weighted by Gasteiger charge is 2.34. The van der Waals surface area contributed by atoms with Gasteiger partial charge in [0.05, 0.1) is 11.4 Å². The van der Waals surface area contributed by atoms with Crippen molar-refractivity contribution in [1.82, 2.24) is 14.8 Å². The molecule has 0 atom stereocenters. The van der Waals surface area contributed by atoms with Crippen LogP contribution < -0.4 is 0 Å². The van der Waals surface area contributed by atoms with Crippen molar-refractivity contribution in [3.8, 4) is 11.4 Å². The van der Waals surface area contributed by atoms with Gasteiger partial charge in [-0.1, -0.05) is 32.0 Å². The van der Waals surface area contributed by atoms with Crippen molar-refractivity contribution < 1.29 is 13.2 Å². The molecule has 0 saturated heterocycles. The summed E-state index contributed by atoms with van der Waals surface area (Å²) in [5, 5.41) is 7.81. The molecule has 0 amide bonds. The predicted molar refractivity (Wildman–Crippen MR) is 74.9 cm³/mol. The maximum Gasteiger partial charge on any atom is 0.417 e. The third-order valence-corrected chi connectivity index (χ3v) is 3.21. The Labute approximate surface area is 125 Å². The molecule has 3 nitrogen and oxygen atoms in total. The van der Waals surface area contributed by atoms with E-state index < -0.39 is 11.7 Å². The zero-order chi connectivity index (χ0) is 15.6. The van der Waals surface area contributed by atoms with Gasteiger partial charge >= 0.3 is 6.18 Å². The van der Waals surface area contributed by atoms with E-state index in [-0.39, 0.29) is 23.2 Å². The molecule has 1 aromatic carbocycles. The predicted octanol–water partition coefficient (Wildman–Crippen LogP) is 4.36. The van der Waals surface area contributed by atoms with Crippen LogP contribution in [-0.2, 0) is 18.6 Å². The minimum Gasteiger partial charge on any atom is -0.310 e. The van der Waals surface area contributed by atoms with Crippen LogP contribution in [0.25, 0.3) is 11.4 Å². The lowest BCUT2D eigenvalue weighted by atomic mass is 10.1. The Morgan fingerprint density at radius 2 is 1.86 bits per heavy atom. The first-order chi connectivity index (χ1) is 9.84. The quantitative estimate of drug-likeness (QED) is 0.784. The molecule has 0 radical (unpaired) electrons. The van der Waals surface area contributed by atoms with E-state index in [0.29, 0.717) is 12.4 Å². The lowest BCUT2D eigenvalue weighted by Gasteiger charge is -2.15. The van der Waals surface area contributed by atoms with Gasteiger partial charge in [0.25, 0.3) is 0 Å². The highest BCUT2D eigenvalue weighted by atomic mass is 35.5. The summed E-state index contributed by atoms with van der Waals surface area (Å²) in [6.07, 6.45) is -4.44. The van der Waals surface area contributed by atoms with Gasteiger partial charge in [-0.25, -0.2) is 0 Å². The van der Waals surface area contributed by atoms with E-state index in [2.05, 4.69) is 10.2 Å². The van der Waals surface area contributed by atoms with Crippen LogP contribution in [0.4, 0.5) is 13.2 Å². The summed E-state index contributed by atoms with van der Waals surface area (Å²) in [6, 6.07) is 5.36. The van der Waals surface area contributed by atoms with Crippen molar-refractivity contribution in [3.05, 3.63) is 35.7 Å². The van der Waals surface area contributed by atoms with E-state index in [1.54, 1.807) is 10.6 Å². The molecule has 0 unspecified atom stereocenters. The second-order valence-electron chi connectivity index (χ2n) is 5.12. The summed E-state index contributed by atoms with van der Waals surface area (Å²) < 4.78 is 41.1. The van der Waals surface area contributed by atoms with Crippen LogP contribution in [0.1, 0.15) is 25.2 Å². The standard InChI is InChI=1S/C14H15ClF3N3/c1-9(2)8-21-12(7-15)19-20-13(21)10-5-3-4-6-11(10)14(16,17)18/h3-6,9H,7-8H2,1-2H3. The van der Waals surface area contributed by atoms with Gasteiger partial charge in [-0.2, -0.15) is 13.2 Å². The number of hydrogen-bond acceptors (Lipinski definition) is 2. The van der Waals surface area contributed by atoms with Gasteiger partial charge in [0.1, 0.15) is 5.82 Å². The van der Waals surface area contributed by atoms with E-state index in [4.69, 9.17) is 11.6 Å². The number of benzene rings is 1. The van der Waals surface area contributed by atoms with Crippen molar-refractivity contribution in [3.63, 3.8) is 0 Å². The summed E-state index contributed by atoms with van der Waals surface area (Å²) >= 11 is 5.80. The molecule has 2 rings (SSSR count). The second kappa shape index (κ2) is 6.05. The molecule has 114 valence electrons. The molecule has 21 heavy (non-hydrogen) atoms. The van der Waals surface area contributed by atoms with E-state index in [0.717, 1.165) is 6.07 Å². The highest BCUT2D eigenvalue weighted by molar-refractivity contribution is 6.16. The molecule has 0 aliphatic heterocycles. The van der Waals surface area contributed by atoms with E-state index in [1.807, 2.05) is 13.8 Å². The van der Waals surface area contributed by atoms with Gasteiger partial charge in [0, 0.05) is 12.1 Å². The smallest absolute Gasteiger partial charge is 0.310 e. The largest absolute Gasteiger partial charge is 0.417 e. The first-order valence-corrected chi connectivity index (χ1v) is 7.02. The molecule has 0 aliphatic rings. The second-order valence-corrected chi connectivity index (χ2v) is 5.39. The molecular formula is C14H15ClF3N3. The maximum absolute atomic E-state index is 13.1. The zero-order valence-electron chi connectivity index (χ0n) is 11.7. The molecule has 1 heterocycles. The molecule has 0 bridgehead atoms. The fourth-order valence-corrected chi connectivity index (χ4v) is 2.31. The topological polar surface area (TPSA) is 30.7 Å². The van der Waals surface area contributed by atoms with Crippen molar-refractivity contribution >= 4 is 11.6 Å². The van der Waals surface area contributed by atoms with E-state index >= 15 is 0 Å². The molecular weight excluding hydrogens is 303 g/mol. The Hall–Kier alpha value is -1.56. The minimum absolute atomic E-state index is 0.0227.